The number of alkyl halides is 2. The molecule has 0 unspecified atom stereocenters. The lowest BCUT2D eigenvalue weighted by Gasteiger charge is -2.08. The zero-order chi connectivity index (χ0) is 10.9. The highest BCUT2D eigenvalue weighted by Gasteiger charge is 2.21. The minimum Gasteiger partial charge on any atom is -0.478 e. The van der Waals surface area contributed by atoms with E-state index in [9.17, 15) is 13.6 Å². The van der Waals surface area contributed by atoms with Gasteiger partial charge in [0.25, 0.3) is 6.43 Å². The highest BCUT2D eigenvalue weighted by atomic mass is 19.3. The summed E-state index contributed by atoms with van der Waals surface area (Å²) in [4.78, 5) is 14.5. The van der Waals surface area contributed by atoms with Crippen molar-refractivity contribution in [3.05, 3.63) is 28.6 Å². The van der Waals surface area contributed by atoms with E-state index in [1.54, 1.807) is 6.92 Å². The van der Waals surface area contributed by atoms with E-state index in [1.165, 1.54) is 6.92 Å². The number of carboxylic acid groups (broad SMARTS) is 1. The summed E-state index contributed by atoms with van der Waals surface area (Å²) in [6.07, 6.45) is -2.79. The molecule has 1 N–H and O–H groups in total. The van der Waals surface area contributed by atoms with Crippen LogP contribution in [0.2, 0.25) is 0 Å². The minimum atomic E-state index is -2.79. The van der Waals surface area contributed by atoms with E-state index in [0.717, 1.165) is 6.07 Å². The van der Waals surface area contributed by atoms with Gasteiger partial charge >= 0.3 is 5.97 Å². The average Bonchev–Trinajstić information content (AvgIpc) is 2.01. The van der Waals surface area contributed by atoms with Gasteiger partial charge in [0.05, 0.1) is 11.3 Å². The first kappa shape index (κ1) is 10.6. The molecule has 0 atom stereocenters. The van der Waals surface area contributed by atoms with Crippen molar-refractivity contribution >= 4 is 5.97 Å². The molecule has 0 fully saturated rings. The Morgan fingerprint density at radius 2 is 2.07 bits per heavy atom. The summed E-state index contributed by atoms with van der Waals surface area (Å²) in [5.74, 6) is -1.37. The van der Waals surface area contributed by atoms with Crippen LogP contribution in [0.25, 0.3) is 0 Å². The fourth-order valence-electron chi connectivity index (χ4n) is 1.31. The zero-order valence-corrected chi connectivity index (χ0v) is 7.71. The van der Waals surface area contributed by atoms with E-state index in [0.29, 0.717) is 5.69 Å². The van der Waals surface area contributed by atoms with Crippen LogP contribution in [0, 0.1) is 13.8 Å². The molecule has 1 aromatic heterocycles. The fraction of sp³-hybridized carbons (Fsp3) is 0.333. The van der Waals surface area contributed by atoms with Gasteiger partial charge < -0.3 is 5.11 Å². The topological polar surface area (TPSA) is 50.2 Å². The van der Waals surface area contributed by atoms with Gasteiger partial charge in [-0.05, 0) is 19.9 Å². The molecule has 76 valence electrons. The van der Waals surface area contributed by atoms with Gasteiger partial charge in [-0.2, -0.15) is 0 Å². The van der Waals surface area contributed by atoms with Gasteiger partial charge in [0, 0.05) is 11.3 Å². The van der Waals surface area contributed by atoms with Crippen LogP contribution in [0.3, 0.4) is 0 Å². The highest BCUT2D eigenvalue weighted by molar-refractivity contribution is 5.90. The summed E-state index contributed by atoms with van der Waals surface area (Å²) in [7, 11) is 0. The summed E-state index contributed by atoms with van der Waals surface area (Å²) in [6.45, 7) is 2.95. The number of carbonyl (C=O) groups is 1. The third kappa shape index (κ3) is 1.86. The van der Waals surface area contributed by atoms with Gasteiger partial charge in [0.1, 0.15) is 0 Å². The first-order valence-corrected chi connectivity index (χ1v) is 3.93. The van der Waals surface area contributed by atoms with Crippen molar-refractivity contribution < 1.29 is 18.7 Å². The molecule has 14 heavy (non-hydrogen) atoms. The molecule has 0 amide bonds. The Morgan fingerprint density at radius 1 is 1.50 bits per heavy atom. The van der Waals surface area contributed by atoms with Crippen molar-refractivity contribution in [1.29, 1.82) is 0 Å². The van der Waals surface area contributed by atoms with Gasteiger partial charge in [0.2, 0.25) is 0 Å². The predicted molar refractivity (Wildman–Crippen MR) is 45.6 cm³/mol. The van der Waals surface area contributed by atoms with E-state index in [4.69, 9.17) is 5.11 Å². The molecule has 5 heteroatoms. The highest BCUT2D eigenvalue weighted by Crippen LogP contribution is 2.25. The summed E-state index contributed by atoms with van der Waals surface area (Å²) < 4.78 is 24.9. The molecule has 0 aliphatic carbocycles. The van der Waals surface area contributed by atoms with Gasteiger partial charge in [-0.25, -0.2) is 13.6 Å². The second-order valence-electron chi connectivity index (χ2n) is 2.92. The number of hydrogen-bond donors (Lipinski definition) is 1. The Kier molecular flexibility index (Phi) is 2.78. The molecule has 0 aliphatic rings. The first-order chi connectivity index (χ1) is 6.43. The maximum atomic E-state index is 12.5. The van der Waals surface area contributed by atoms with E-state index in [1.807, 2.05) is 0 Å². The van der Waals surface area contributed by atoms with Crippen LogP contribution in [0.1, 0.15) is 33.7 Å². The van der Waals surface area contributed by atoms with Crippen molar-refractivity contribution in [1.82, 2.24) is 4.98 Å². The average molecular weight is 201 g/mol. The minimum absolute atomic E-state index is 0.118. The Morgan fingerprint density at radius 3 is 2.50 bits per heavy atom. The molecule has 1 rings (SSSR count). The van der Waals surface area contributed by atoms with Crippen LogP contribution in [0.5, 0.6) is 0 Å². The molecule has 0 saturated heterocycles. The number of aromatic nitrogens is 1. The van der Waals surface area contributed by atoms with Gasteiger partial charge in [0.15, 0.2) is 0 Å². The lowest BCUT2D eigenvalue weighted by atomic mass is 10.1. The number of rotatable bonds is 2. The third-order valence-corrected chi connectivity index (χ3v) is 1.81. The van der Waals surface area contributed by atoms with Gasteiger partial charge in [-0.15, -0.1) is 0 Å². The van der Waals surface area contributed by atoms with Crippen molar-refractivity contribution in [3.8, 4) is 0 Å². The molecule has 0 bridgehead atoms. The van der Waals surface area contributed by atoms with Crippen molar-refractivity contribution in [2.75, 3.05) is 0 Å². The smallest absolute Gasteiger partial charge is 0.338 e. The summed E-state index contributed by atoms with van der Waals surface area (Å²) in [5, 5.41) is 8.71. The molecule has 0 aromatic carbocycles. The Hall–Kier alpha value is -1.52. The molecule has 1 aromatic rings. The summed E-state index contributed by atoms with van der Waals surface area (Å²) in [6, 6.07) is 1.10. The van der Waals surface area contributed by atoms with E-state index < -0.39 is 23.5 Å². The number of nitrogens with zero attached hydrogens (tertiary/aromatic N) is 1. The number of aromatic carboxylic acids is 1. The molecule has 0 aliphatic heterocycles. The Balaban J connectivity index is 3.44. The van der Waals surface area contributed by atoms with Crippen LogP contribution in [0.4, 0.5) is 8.78 Å². The number of pyridine rings is 1. The van der Waals surface area contributed by atoms with Crippen molar-refractivity contribution in [3.63, 3.8) is 0 Å². The van der Waals surface area contributed by atoms with Crippen molar-refractivity contribution in [2.45, 2.75) is 20.3 Å². The monoisotopic (exact) mass is 201 g/mol. The third-order valence-electron chi connectivity index (χ3n) is 1.81. The fourth-order valence-corrected chi connectivity index (χ4v) is 1.31. The molecule has 0 saturated carbocycles. The standard InChI is InChI=1S/C9H9F2NO2/c1-4-3-6(8(10)11)7(9(13)14)5(2)12-4/h3,8H,1-2H3,(H,13,14). The summed E-state index contributed by atoms with van der Waals surface area (Å²) >= 11 is 0. The number of carboxylic acids is 1. The van der Waals surface area contributed by atoms with Gasteiger partial charge in [-0.1, -0.05) is 0 Å². The van der Waals surface area contributed by atoms with E-state index in [-0.39, 0.29) is 5.69 Å². The number of halogens is 2. The van der Waals surface area contributed by atoms with Crippen LogP contribution in [-0.4, -0.2) is 16.1 Å². The number of hydrogen-bond acceptors (Lipinski definition) is 2. The first-order valence-electron chi connectivity index (χ1n) is 3.93. The van der Waals surface area contributed by atoms with Crippen LogP contribution < -0.4 is 0 Å². The lowest BCUT2D eigenvalue weighted by Crippen LogP contribution is -2.08. The van der Waals surface area contributed by atoms with Crippen LogP contribution >= 0.6 is 0 Å². The maximum Gasteiger partial charge on any atom is 0.338 e. The number of aryl methyl sites for hydroxylation is 2. The predicted octanol–water partition coefficient (Wildman–Crippen LogP) is 2.33. The Labute approximate surface area is 79.4 Å². The van der Waals surface area contributed by atoms with Crippen LogP contribution in [-0.2, 0) is 0 Å². The SMILES string of the molecule is Cc1cc(C(F)F)c(C(=O)O)c(C)n1. The van der Waals surface area contributed by atoms with E-state index in [2.05, 4.69) is 4.98 Å². The summed E-state index contributed by atoms with van der Waals surface area (Å²) in [5.41, 5.74) is -0.358. The molecule has 1 heterocycles. The Bertz CT molecular complexity index is 377. The maximum absolute atomic E-state index is 12.5. The largest absolute Gasteiger partial charge is 0.478 e. The molecule has 0 radical (unpaired) electrons. The second kappa shape index (κ2) is 3.69. The lowest BCUT2D eigenvalue weighted by molar-refractivity contribution is 0.0683. The van der Waals surface area contributed by atoms with Crippen molar-refractivity contribution in [2.24, 2.45) is 0 Å². The molecular weight excluding hydrogens is 192 g/mol. The normalized spacial score (nSPS) is 10.6. The molecule has 0 spiro atoms. The van der Waals surface area contributed by atoms with Gasteiger partial charge in [-0.3, -0.25) is 4.98 Å². The van der Waals surface area contributed by atoms with E-state index >= 15 is 0 Å². The second-order valence-corrected chi connectivity index (χ2v) is 2.92. The molecule has 3 nitrogen and oxygen atoms in total. The quantitative estimate of drug-likeness (QED) is 0.798. The zero-order valence-electron chi connectivity index (χ0n) is 7.71. The van der Waals surface area contributed by atoms with Crippen LogP contribution in [0.15, 0.2) is 6.07 Å². The molecular formula is C9H9F2NO2.